The molecule has 0 aliphatic carbocycles. The fourth-order valence-corrected chi connectivity index (χ4v) is 5.93. The maximum absolute atomic E-state index is 13.0. The Hall–Kier alpha value is -0.910. The number of likely N-dealkylation sites (tertiary alicyclic amines) is 1. The second-order valence-electron chi connectivity index (χ2n) is 8.39. The first-order valence-corrected chi connectivity index (χ1v) is 11.2. The molecular formula is C20H32N2O2S. The second kappa shape index (κ2) is 7.37. The molecule has 5 heteroatoms. The highest BCUT2D eigenvalue weighted by atomic mass is 32.2. The van der Waals surface area contributed by atoms with Crippen LogP contribution in [0.1, 0.15) is 39.2 Å². The lowest BCUT2D eigenvalue weighted by Gasteiger charge is -2.55. The molecule has 0 aromatic heterocycles. The quantitative estimate of drug-likeness (QED) is 0.778. The van der Waals surface area contributed by atoms with E-state index in [2.05, 4.69) is 25.7 Å². The van der Waals surface area contributed by atoms with Gasteiger partial charge in [0.05, 0.1) is 5.75 Å². The van der Waals surface area contributed by atoms with Crippen LogP contribution in [0.3, 0.4) is 0 Å². The van der Waals surface area contributed by atoms with Crippen LogP contribution in [0.4, 0.5) is 0 Å². The van der Waals surface area contributed by atoms with Gasteiger partial charge in [0.2, 0.25) is 10.0 Å². The molecular weight excluding hydrogens is 332 g/mol. The van der Waals surface area contributed by atoms with Crippen molar-refractivity contribution in [2.45, 2.75) is 39.4 Å². The first-order chi connectivity index (χ1) is 11.8. The van der Waals surface area contributed by atoms with Gasteiger partial charge in [0.1, 0.15) is 0 Å². The van der Waals surface area contributed by atoms with Crippen LogP contribution >= 0.6 is 0 Å². The maximum Gasteiger partial charge on any atom is 0.218 e. The van der Waals surface area contributed by atoms with Crippen molar-refractivity contribution < 1.29 is 8.42 Å². The molecule has 2 saturated heterocycles. The molecule has 0 N–H and O–H groups in total. The van der Waals surface area contributed by atoms with Crippen molar-refractivity contribution in [3.63, 3.8) is 0 Å². The van der Waals surface area contributed by atoms with Crippen LogP contribution in [0.25, 0.3) is 0 Å². The minimum atomic E-state index is -3.25. The van der Waals surface area contributed by atoms with E-state index in [1.807, 2.05) is 30.3 Å². The van der Waals surface area contributed by atoms with Crippen molar-refractivity contribution in [3.8, 4) is 0 Å². The molecule has 0 radical (unpaired) electrons. The third-order valence-electron chi connectivity index (χ3n) is 6.32. The summed E-state index contributed by atoms with van der Waals surface area (Å²) in [5.41, 5.74) is 1.10. The molecule has 0 saturated carbocycles. The van der Waals surface area contributed by atoms with E-state index in [1.54, 1.807) is 4.31 Å². The van der Waals surface area contributed by atoms with Crippen LogP contribution in [0, 0.1) is 17.3 Å². The second-order valence-corrected chi connectivity index (χ2v) is 10.4. The Morgan fingerprint density at radius 2 is 1.64 bits per heavy atom. The Kier molecular flexibility index (Phi) is 5.57. The van der Waals surface area contributed by atoms with Crippen LogP contribution in [0.15, 0.2) is 30.3 Å². The van der Waals surface area contributed by atoms with E-state index in [0.29, 0.717) is 24.9 Å². The van der Waals surface area contributed by atoms with E-state index >= 15 is 0 Å². The zero-order chi connectivity index (χ0) is 18.1. The smallest absolute Gasteiger partial charge is 0.218 e. The molecule has 2 aliphatic rings. The molecule has 1 aromatic rings. The summed E-state index contributed by atoms with van der Waals surface area (Å²) in [6, 6.07) is 9.54. The molecule has 2 unspecified atom stereocenters. The first-order valence-electron chi connectivity index (χ1n) is 9.57. The summed E-state index contributed by atoms with van der Waals surface area (Å²) >= 11 is 0. The van der Waals surface area contributed by atoms with Gasteiger partial charge in [-0.15, -0.1) is 0 Å². The minimum absolute atomic E-state index is 0.118. The van der Waals surface area contributed by atoms with Gasteiger partial charge in [-0.05, 0) is 35.8 Å². The minimum Gasteiger partial charge on any atom is -0.303 e. The first kappa shape index (κ1) is 18.9. The van der Waals surface area contributed by atoms with E-state index in [9.17, 15) is 8.42 Å². The predicted molar refractivity (Wildman–Crippen MR) is 103 cm³/mol. The summed E-state index contributed by atoms with van der Waals surface area (Å²) in [6.45, 7) is 11.4. The molecule has 25 heavy (non-hydrogen) atoms. The zero-order valence-corrected chi connectivity index (χ0v) is 16.6. The lowest BCUT2D eigenvalue weighted by atomic mass is 9.64. The number of unbranched alkanes of at least 4 members (excludes halogenated alkanes) is 1. The molecule has 3 rings (SSSR count). The number of hydrogen-bond donors (Lipinski definition) is 0. The van der Waals surface area contributed by atoms with E-state index in [1.165, 1.54) is 12.8 Å². The van der Waals surface area contributed by atoms with Gasteiger partial charge in [0, 0.05) is 26.2 Å². The standard InChI is InChI=1S/C20H32N2O2S/c1-4-5-11-21-12-18-14-22(15-19(13-21)20(18,2)3)25(23,24)16-17-9-7-6-8-10-17/h6-10,18-19H,4-5,11-16H2,1-3H3. The lowest BCUT2D eigenvalue weighted by Crippen LogP contribution is -2.62. The van der Waals surface area contributed by atoms with Gasteiger partial charge in [-0.25, -0.2) is 12.7 Å². The van der Waals surface area contributed by atoms with E-state index in [0.717, 1.165) is 25.2 Å². The van der Waals surface area contributed by atoms with Gasteiger partial charge >= 0.3 is 0 Å². The Morgan fingerprint density at radius 1 is 1.04 bits per heavy atom. The highest BCUT2D eigenvalue weighted by Crippen LogP contribution is 2.45. The number of nitrogens with zero attached hydrogens (tertiary/aromatic N) is 2. The molecule has 140 valence electrons. The third-order valence-corrected chi connectivity index (χ3v) is 8.11. The zero-order valence-electron chi connectivity index (χ0n) is 15.8. The van der Waals surface area contributed by atoms with Crippen LogP contribution in [0.5, 0.6) is 0 Å². The average molecular weight is 365 g/mol. The van der Waals surface area contributed by atoms with Gasteiger partial charge in [-0.2, -0.15) is 0 Å². The van der Waals surface area contributed by atoms with Gasteiger partial charge in [0.25, 0.3) is 0 Å². The van der Waals surface area contributed by atoms with Crippen LogP contribution in [0.2, 0.25) is 0 Å². The number of fused-ring (bicyclic) bond motifs is 2. The monoisotopic (exact) mass is 364 g/mol. The summed E-state index contributed by atoms with van der Waals surface area (Å²) in [5.74, 6) is 0.956. The topological polar surface area (TPSA) is 40.6 Å². The van der Waals surface area contributed by atoms with Gasteiger partial charge in [0.15, 0.2) is 0 Å². The van der Waals surface area contributed by atoms with Crippen molar-refractivity contribution >= 4 is 10.0 Å². The van der Waals surface area contributed by atoms with Crippen molar-refractivity contribution in [1.82, 2.24) is 9.21 Å². The summed E-state index contributed by atoms with van der Waals surface area (Å²) < 4.78 is 27.7. The normalized spacial score (nSPS) is 27.3. The van der Waals surface area contributed by atoms with Crippen molar-refractivity contribution in [3.05, 3.63) is 35.9 Å². The van der Waals surface area contributed by atoms with Gasteiger partial charge in [-0.3, -0.25) is 0 Å². The third kappa shape index (κ3) is 4.09. The highest BCUT2D eigenvalue weighted by molar-refractivity contribution is 7.88. The number of hydrogen-bond acceptors (Lipinski definition) is 3. The SMILES string of the molecule is CCCCN1CC2CN(S(=O)(=O)Cc3ccccc3)CC(C1)C2(C)C. The van der Waals surface area contributed by atoms with E-state index in [4.69, 9.17) is 0 Å². The fourth-order valence-electron chi connectivity index (χ4n) is 4.32. The summed E-state index contributed by atoms with van der Waals surface area (Å²) in [5, 5.41) is 0. The molecule has 2 aliphatic heterocycles. The molecule has 2 atom stereocenters. The Bertz CT molecular complexity index is 654. The van der Waals surface area contributed by atoms with Crippen molar-refractivity contribution in [1.29, 1.82) is 0 Å². The summed E-state index contributed by atoms with van der Waals surface area (Å²) in [7, 11) is -3.25. The molecule has 1 aromatic carbocycles. The molecule has 2 bridgehead atoms. The van der Waals surface area contributed by atoms with Crippen molar-refractivity contribution in [2.75, 3.05) is 32.7 Å². The number of rotatable bonds is 6. The fraction of sp³-hybridized carbons (Fsp3) is 0.700. The van der Waals surface area contributed by atoms with Gasteiger partial charge < -0.3 is 4.90 Å². The van der Waals surface area contributed by atoms with E-state index < -0.39 is 10.0 Å². The largest absolute Gasteiger partial charge is 0.303 e. The molecule has 2 heterocycles. The van der Waals surface area contributed by atoms with Gasteiger partial charge in [-0.1, -0.05) is 57.5 Å². The van der Waals surface area contributed by atoms with Crippen molar-refractivity contribution in [2.24, 2.45) is 17.3 Å². The number of piperidine rings is 2. The van der Waals surface area contributed by atoms with E-state index in [-0.39, 0.29) is 11.2 Å². The molecule has 0 amide bonds. The summed E-state index contributed by atoms with van der Waals surface area (Å²) in [4.78, 5) is 2.56. The van der Waals surface area contributed by atoms with Crippen LogP contribution < -0.4 is 0 Å². The number of sulfonamides is 1. The Morgan fingerprint density at radius 3 is 2.20 bits per heavy atom. The van der Waals surface area contributed by atoms with Crippen LogP contribution in [-0.4, -0.2) is 50.3 Å². The molecule has 0 spiro atoms. The molecule has 2 fully saturated rings. The Balaban J connectivity index is 1.72. The lowest BCUT2D eigenvalue weighted by molar-refractivity contribution is -0.0493. The maximum atomic E-state index is 13.0. The predicted octanol–water partition coefficient (Wildman–Crippen LogP) is 3.21. The average Bonchev–Trinajstić information content (AvgIpc) is 2.53. The highest BCUT2D eigenvalue weighted by Gasteiger charge is 2.49. The van der Waals surface area contributed by atoms with Crippen LogP contribution in [-0.2, 0) is 15.8 Å². The number of benzene rings is 1. The summed E-state index contributed by atoms with van der Waals surface area (Å²) in [6.07, 6.45) is 2.45. The molecule has 4 nitrogen and oxygen atoms in total. The Labute approximate surface area is 153 Å².